The molecule has 0 aliphatic rings. The number of hydrogen-bond donors (Lipinski definition) is 0. The van der Waals surface area contributed by atoms with E-state index in [-0.39, 0.29) is 0 Å². The maximum absolute atomic E-state index is 13.2. The Labute approximate surface area is 177 Å². The van der Waals surface area contributed by atoms with E-state index in [1.54, 1.807) is 14.2 Å². The van der Waals surface area contributed by atoms with Gasteiger partial charge in [-0.2, -0.15) is 13.2 Å². The van der Waals surface area contributed by atoms with E-state index in [2.05, 4.69) is 4.98 Å². The van der Waals surface area contributed by atoms with E-state index < -0.39 is 11.7 Å². The van der Waals surface area contributed by atoms with Gasteiger partial charge in [-0.25, -0.2) is 4.98 Å². The van der Waals surface area contributed by atoms with Crippen molar-refractivity contribution in [2.45, 2.75) is 19.1 Å². The highest BCUT2D eigenvalue weighted by molar-refractivity contribution is 5.81. The van der Waals surface area contributed by atoms with E-state index in [0.717, 1.165) is 23.3 Å². The topological polar surface area (TPSA) is 36.3 Å². The number of aromatic nitrogens is 2. The zero-order chi connectivity index (χ0) is 22.0. The molecule has 0 unspecified atom stereocenters. The molecule has 1 aromatic heterocycles. The van der Waals surface area contributed by atoms with Crippen LogP contribution in [0.4, 0.5) is 13.2 Å². The fourth-order valence-electron chi connectivity index (χ4n) is 3.62. The van der Waals surface area contributed by atoms with Crippen LogP contribution < -0.4 is 9.47 Å². The highest BCUT2D eigenvalue weighted by Crippen LogP contribution is 2.33. The molecule has 0 amide bonds. The number of nitrogens with zero attached hydrogens (tertiary/aromatic N) is 2. The van der Waals surface area contributed by atoms with Gasteiger partial charge < -0.3 is 14.0 Å². The molecule has 31 heavy (non-hydrogen) atoms. The number of alkyl halides is 3. The van der Waals surface area contributed by atoms with Crippen LogP contribution in [0.25, 0.3) is 22.4 Å². The SMILES string of the molecule is COc1ccc(CCn2c(-c3ccccc3)nc3cc(C(F)(F)F)ccc32)cc1OC. The Morgan fingerprint density at radius 1 is 0.871 bits per heavy atom. The van der Waals surface area contributed by atoms with Crippen LogP contribution in [-0.2, 0) is 19.1 Å². The maximum Gasteiger partial charge on any atom is 0.416 e. The van der Waals surface area contributed by atoms with Crippen LogP contribution in [0.3, 0.4) is 0 Å². The van der Waals surface area contributed by atoms with Crippen molar-refractivity contribution in [2.75, 3.05) is 14.2 Å². The first kappa shape index (κ1) is 20.8. The molecule has 3 aromatic carbocycles. The molecule has 0 spiro atoms. The largest absolute Gasteiger partial charge is 0.493 e. The Bertz CT molecular complexity index is 1200. The van der Waals surface area contributed by atoms with Crippen molar-refractivity contribution >= 4 is 11.0 Å². The second-order valence-corrected chi connectivity index (χ2v) is 7.09. The van der Waals surface area contributed by atoms with E-state index in [9.17, 15) is 13.2 Å². The average molecular weight is 426 g/mol. The molecular formula is C24H21F3N2O2. The van der Waals surface area contributed by atoms with Gasteiger partial charge >= 0.3 is 6.18 Å². The minimum absolute atomic E-state index is 0.320. The lowest BCUT2D eigenvalue weighted by Gasteiger charge is -2.12. The minimum Gasteiger partial charge on any atom is -0.493 e. The lowest BCUT2D eigenvalue weighted by atomic mass is 10.1. The smallest absolute Gasteiger partial charge is 0.416 e. The van der Waals surface area contributed by atoms with Crippen LogP contribution in [0.2, 0.25) is 0 Å². The molecule has 4 rings (SSSR count). The molecular weight excluding hydrogens is 405 g/mol. The summed E-state index contributed by atoms with van der Waals surface area (Å²) in [7, 11) is 3.16. The van der Waals surface area contributed by atoms with Gasteiger partial charge in [0.1, 0.15) is 5.82 Å². The van der Waals surface area contributed by atoms with Gasteiger partial charge in [-0.1, -0.05) is 36.4 Å². The normalized spacial score (nSPS) is 11.6. The van der Waals surface area contributed by atoms with Crippen molar-refractivity contribution in [2.24, 2.45) is 0 Å². The maximum atomic E-state index is 13.2. The van der Waals surface area contributed by atoms with Crippen molar-refractivity contribution in [1.82, 2.24) is 9.55 Å². The molecule has 4 nitrogen and oxygen atoms in total. The van der Waals surface area contributed by atoms with Gasteiger partial charge in [0.05, 0.1) is 30.8 Å². The van der Waals surface area contributed by atoms with Gasteiger partial charge in [0.25, 0.3) is 0 Å². The fraction of sp³-hybridized carbons (Fsp3) is 0.208. The number of methoxy groups -OCH3 is 2. The Balaban J connectivity index is 1.75. The van der Waals surface area contributed by atoms with E-state index in [1.165, 1.54) is 6.07 Å². The summed E-state index contributed by atoms with van der Waals surface area (Å²) in [6.07, 6.45) is -3.77. The Morgan fingerprint density at radius 2 is 1.61 bits per heavy atom. The molecule has 0 aliphatic carbocycles. The number of fused-ring (bicyclic) bond motifs is 1. The van der Waals surface area contributed by atoms with Gasteiger partial charge in [0.15, 0.2) is 11.5 Å². The van der Waals surface area contributed by atoms with Crippen molar-refractivity contribution in [1.29, 1.82) is 0 Å². The standard InChI is InChI=1S/C24H21F3N2O2/c1-30-21-11-8-16(14-22(21)31-2)12-13-29-20-10-9-18(24(25,26)27)15-19(20)28-23(29)17-6-4-3-5-7-17/h3-11,14-15H,12-13H2,1-2H3. The molecule has 0 N–H and O–H groups in total. The summed E-state index contributed by atoms with van der Waals surface area (Å²) in [5.41, 5.74) is 2.14. The first-order valence-electron chi connectivity index (χ1n) is 9.74. The third-order valence-electron chi connectivity index (χ3n) is 5.18. The monoisotopic (exact) mass is 426 g/mol. The number of benzene rings is 3. The summed E-state index contributed by atoms with van der Waals surface area (Å²) in [5, 5.41) is 0. The molecule has 0 saturated carbocycles. The molecule has 0 atom stereocenters. The number of ether oxygens (including phenoxy) is 2. The second kappa shape index (κ2) is 8.34. The van der Waals surface area contributed by atoms with Crippen molar-refractivity contribution in [3.05, 3.63) is 77.9 Å². The zero-order valence-corrected chi connectivity index (χ0v) is 17.1. The Hall–Kier alpha value is -3.48. The van der Waals surface area contributed by atoms with Gasteiger partial charge in [-0.15, -0.1) is 0 Å². The average Bonchev–Trinajstić information content (AvgIpc) is 3.15. The summed E-state index contributed by atoms with van der Waals surface area (Å²) < 4.78 is 52.2. The third-order valence-corrected chi connectivity index (χ3v) is 5.18. The zero-order valence-electron chi connectivity index (χ0n) is 17.1. The summed E-state index contributed by atoms with van der Waals surface area (Å²) in [4.78, 5) is 4.55. The summed E-state index contributed by atoms with van der Waals surface area (Å²) in [6, 6.07) is 18.9. The first-order chi connectivity index (χ1) is 14.9. The van der Waals surface area contributed by atoms with Crippen LogP contribution in [0.1, 0.15) is 11.1 Å². The van der Waals surface area contributed by atoms with Crippen LogP contribution in [0, 0.1) is 0 Å². The molecule has 0 bridgehead atoms. The van der Waals surface area contributed by atoms with Gasteiger partial charge in [-0.05, 0) is 42.3 Å². The number of imidazole rings is 1. The second-order valence-electron chi connectivity index (χ2n) is 7.09. The van der Waals surface area contributed by atoms with Crippen LogP contribution in [0.15, 0.2) is 66.7 Å². The van der Waals surface area contributed by atoms with E-state index in [4.69, 9.17) is 9.47 Å². The number of rotatable bonds is 6. The quantitative estimate of drug-likeness (QED) is 0.380. The van der Waals surface area contributed by atoms with Crippen molar-refractivity contribution < 1.29 is 22.6 Å². The molecule has 0 saturated heterocycles. The first-order valence-corrected chi connectivity index (χ1v) is 9.74. The van der Waals surface area contributed by atoms with E-state index >= 15 is 0 Å². The Kier molecular flexibility index (Phi) is 5.59. The van der Waals surface area contributed by atoms with Gasteiger partial charge in [0, 0.05) is 12.1 Å². The number of halogens is 3. The lowest BCUT2D eigenvalue weighted by molar-refractivity contribution is -0.137. The minimum atomic E-state index is -4.41. The molecule has 160 valence electrons. The van der Waals surface area contributed by atoms with Gasteiger partial charge in [-0.3, -0.25) is 0 Å². The number of aryl methyl sites for hydroxylation is 2. The summed E-state index contributed by atoms with van der Waals surface area (Å²) >= 11 is 0. The molecule has 1 heterocycles. The van der Waals surface area contributed by atoms with Crippen LogP contribution >= 0.6 is 0 Å². The van der Waals surface area contributed by atoms with E-state index in [1.807, 2.05) is 53.1 Å². The third kappa shape index (κ3) is 4.21. The molecule has 0 radical (unpaired) electrons. The Morgan fingerprint density at radius 3 is 2.29 bits per heavy atom. The molecule has 7 heteroatoms. The predicted molar refractivity (Wildman–Crippen MR) is 113 cm³/mol. The summed E-state index contributed by atoms with van der Waals surface area (Å²) in [5.74, 6) is 1.91. The molecule has 4 aromatic rings. The van der Waals surface area contributed by atoms with Gasteiger partial charge in [0.2, 0.25) is 0 Å². The number of hydrogen-bond acceptors (Lipinski definition) is 3. The van der Waals surface area contributed by atoms with Crippen molar-refractivity contribution in [3.8, 4) is 22.9 Å². The lowest BCUT2D eigenvalue weighted by Crippen LogP contribution is -2.06. The molecule has 0 aliphatic heterocycles. The van der Waals surface area contributed by atoms with E-state index in [0.29, 0.717) is 41.3 Å². The highest BCUT2D eigenvalue weighted by Gasteiger charge is 2.31. The summed E-state index contributed by atoms with van der Waals surface area (Å²) in [6.45, 7) is 0.543. The molecule has 0 fully saturated rings. The van der Waals surface area contributed by atoms with Crippen LogP contribution in [-0.4, -0.2) is 23.8 Å². The fourth-order valence-corrected chi connectivity index (χ4v) is 3.62. The van der Waals surface area contributed by atoms with Crippen LogP contribution in [0.5, 0.6) is 11.5 Å². The predicted octanol–water partition coefficient (Wildman–Crippen LogP) is 5.98. The highest BCUT2D eigenvalue weighted by atomic mass is 19.4. The van der Waals surface area contributed by atoms with Crippen molar-refractivity contribution in [3.63, 3.8) is 0 Å².